The Bertz CT molecular complexity index is 781. The summed E-state index contributed by atoms with van der Waals surface area (Å²) in [6, 6.07) is 11.0. The molecule has 0 heterocycles. The van der Waals surface area contributed by atoms with Crippen LogP contribution >= 0.6 is 27.5 Å². The molecule has 0 aliphatic heterocycles. The van der Waals surface area contributed by atoms with Gasteiger partial charge in [-0.25, -0.2) is 5.43 Å². The molecule has 0 spiro atoms. The smallest absolute Gasteiger partial charge is 0.269 e. The molecule has 0 atom stereocenters. The van der Waals surface area contributed by atoms with E-state index in [9.17, 15) is 14.9 Å². The van der Waals surface area contributed by atoms with Crippen molar-refractivity contribution in [3.8, 4) is 0 Å². The molecule has 0 fully saturated rings. The molecule has 0 saturated carbocycles. The van der Waals surface area contributed by atoms with Crippen molar-refractivity contribution in [1.82, 2.24) is 5.43 Å². The molecule has 9 heteroatoms. The van der Waals surface area contributed by atoms with Crippen molar-refractivity contribution in [2.45, 2.75) is 0 Å². The first-order valence-electron chi connectivity index (χ1n) is 6.71. The lowest BCUT2D eigenvalue weighted by atomic mass is 10.2. The van der Waals surface area contributed by atoms with Gasteiger partial charge in [0, 0.05) is 27.3 Å². The van der Waals surface area contributed by atoms with Gasteiger partial charge in [0.05, 0.1) is 17.7 Å². The van der Waals surface area contributed by atoms with E-state index in [2.05, 4.69) is 31.8 Å². The Kier molecular flexibility index (Phi) is 6.28. The molecule has 0 saturated heterocycles. The first-order valence-corrected chi connectivity index (χ1v) is 7.88. The van der Waals surface area contributed by atoms with Crippen LogP contribution in [0.3, 0.4) is 0 Å². The summed E-state index contributed by atoms with van der Waals surface area (Å²) < 4.78 is 0.747. The molecule has 2 N–H and O–H groups in total. The molecule has 124 valence electrons. The van der Waals surface area contributed by atoms with Gasteiger partial charge in [-0.3, -0.25) is 14.9 Å². The number of carbonyl (C=O) groups is 1. The van der Waals surface area contributed by atoms with Gasteiger partial charge in [-0.2, -0.15) is 5.10 Å². The molecule has 0 unspecified atom stereocenters. The molecule has 0 aromatic heterocycles. The lowest BCUT2D eigenvalue weighted by Gasteiger charge is -2.07. The molecular formula is C15H12BrClN4O3. The topological polar surface area (TPSA) is 96.6 Å². The highest BCUT2D eigenvalue weighted by Gasteiger charge is 2.04. The number of anilines is 1. The van der Waals surface area contributed by atoms with E-state index in [0.717, 1.165) is 10.2 Å². The third-order valence-electron chi connectivity index (χ3n) is 2.88. The number of hydrazone groups is 1. The largest absolute Gasteiger partial charge is 0.375 e. The number of carbonyl (C=O) groups excluding carboxylic acids is 1. The van der Waals surface area contributed by atoms with Gasteiger partial charge in [0.1, 0.15) is 0 Å². The van der Waals surface area contributed by atoms with Crippen LogP contribution in [-0.2, 0) is 4.79 Å². The maximum absolute atomic E-state index is 11.7. The zero-order valence-electron chi connectivity index (χ0n) is 12.2. The van der Waals surface area contributed by atoms with Crippen LogP contribution in [0.2, 0.25) is 5.02 Å². The summed E-state index contributed by atoms with van der Waals surface area (Å²) in [4.78, 5) is 21.8. The Morgan fingerprint density at radius 1 is 1.29 bits per heavy atom. The summed E-state index contributed by atoms with van der Waals surface area (Å²) >= 11 is 9.18. The van der Waals surface area contributed by atoms with Crippen LogP contribution in [0.15, 0.2) is 52.0 Å². The van der Waals surface area contributed by atoms with E-state index >= 15 is 0 Å². The van der Waals surface area contributed by atoms with E-state index in [4.69, 9.17) is 11.6 Å². The predicted molar refractivity (Wildman–Crippen MR) is 96.5 cm³/mol. The quantitative estimate of drug-likeness (QED) is 0.431. The van der Waals surface area contributed by atoms with Crippen molar-refractivity contribution in [2.75, 3.05) is 11.9 Å². The minimum Gasteiger partial charge on any atom is -0.375 e. The monoisotopic (exact) mass is 410 g/mol. The summed E-state index contributed by atoms with van der Waals surface area (Å²) in [5.41, 5.74) is 3.72. The average molecular weight is 412 g/mol. The van der Waals surface area contributed by atoms with Gasteiger partial charge < -0.3 is 5.32 Å². The van der Waals surface area contributed by atoms with Gasteiger partial charge in [0.25, 0.3) is 11.6 Å². The van der Waals surface area contributed by atoms with Crippen molar-refractivity contribution in [1.29, 1.82) is 0 Å². The van der Waals surface area contributed by atoms with Crippen LogP contribution in [0.5, 0.6) is 0 Å². The van der Waals surface area contributed by atoms with Crippen LogP contribution < -0.4 is 10.7 Å². The van der Waals surface area contributed by atoms with Gasteiger partial charge in [0.15, 0.2) is 0 Å². The fourth-order valence-electron chi connectivity index (χ4n) is 1.71. The number of nitro benzene ring substituents is 1. The van der Waals surface area contributed by atoms with Crippen molar-refractivity contribution in [3.63, 3.8) is 0 Å². The van der Waals surface area contributed by atoms with E-state index in [1.807, 2.05) is 0 Å². The Hall–Kier alpha value is -2.45. The lowest BCUT2D eigenvalue weighted by Crippen LogP contribution is -2.26. The zero-order chi connectivity index (χ0) is 17.5. The molecule has 0 aliphatic rings. The third kappa shape index (κ3) is 5.32. The van der Waals surface area contributed by atoms with Gasteiger partial charge >= 0.3 is 0 Å². The second kappa shape index (κ2) is 8.42. The number of halogens is 2. The standard InChI is InChI=1S/C15H12BrClN4O3/c16-13-7-11(17)3-6-14(13)18-9-15(22)20-19-8-10-1-4-12(5-2-10)21(23)24/h1-8,18H,9H2,(H,20,22). The summed E-state index contributed by atoms with van der Waals surface area (Å²) in [5.74, 6) is -0.338. The van der Waals surface area contributed by atoms with Gasteiger partial charge in [-0.05, 0) is 51.8 Å². The second-order valence-electron chi connectivity index (χ2n) is 4.62. The van der Waals surface area contributed by atoms with E-state index in [1.165, 1.54) is 30.5 Å². The van der Waals surface area contributed by atoms with Gasteiger partial charge in [-0.1, -0.05) is 11.6 Å². The normalized spacial score (nSPS) is 10.6. The molecule has 0 aliphatic carbocycles. The minimum absolute atomic E-state index is 0.00562. The van der Waals surface area contributed by atoms with Crippen molar-refractivity contribution in [2.24, 2.45) is 5.10 Å². The Labute approximate surface area is 151 Å². The van der Waals surface area contributed by atoms with Crippen LogP contribution in [0.25, 0.3) is 0 Å². The number of nitrogens with one attached hydrogen (secondary N) is 2. The number of nitrogens with zero attached hydrogens (tertiary/aromatic N) is 2. The first kappa shape index (κ1) is 17.9. The van der Waals surface area contributed by atoms with E-state index in [-0.39, 0.29) is 18.1 Å². The molecule has 1 amide bonds. The number of amides is 1. The minimum atomic E-state index is -0.483. The average Bonchev–Trinajstić information content (AvgIpc) is 2.54. The molecule has 24 heavy (non-hydrogen) atoms. The van der Waals surface area contributed by atoms with Crippen LogP contribution in [0, 0.1) is 10.1 Å². The second-order valence-corrected chi connectivity index (χ2v) is 5.91. The van der Waals surface area contributed by atoms with Gasteiger partial charge in [-0.15, -0.1) is 0 Å². The molecule has 2 aromatic carbocycles. The van der Waals surface area contributed by atoms with Crippen molar-refractivity contribution >= 4 is 51.0 Å². The van der Waals surface area contributed by atoms with Crippen molar-refractivity contribution in [3.05, 3.63) is 67.6 Å². The lowest BCUT2D eigenvalue weighted by molar-refractivity contribution is -0.384. The maximum Gasteiger partial charge on any atom is 0.269 e. The van der Waals surface area contributed by atoms with Crippen LogP contribution in [0.1, 0.15) is 5.56 Å². The van der Waals surface area contributed by atoms with Crippen LogP contribution in [0.4, 0.5) is 11.4 Å². The fourth-order valence-corrected chi connectivity index (χ4v) is 2.53. The number of hydrogen-bond donors (Lipinski definition) is 2. The summed E-state index contributed by atoms with van der Waals surface area (Å²) in [6.07, 6.45) is 1.40. The fraction of sp³-hybridized carbons (Fsp3) is 0.0667. The predicted octanol–water partition coefficient (Wildman–Crippen LogP) is 3.57. The maximum atomic E-state index is 11.7. The molecule has 2 aromatic rings. The highest BCUT2D eigenvalue weighted by atomic mass is 79.9. The Morgan fingerprint density at radius 3 is 2.62 bits per heavy atom. The number of nitro groups is 1. The summed E-state index contributed by atoms with van der Waals surface area (Å²) in [7, 11) is 0. The van der Waals surface area contributed by atoms with Crippen LogP contribution in [-0.4, -0.2) is 23.6 Å². The highest BCUT2D eigenvalue weighted by Crippen LogP contribution is 2.25. The number of benzene rings is 2. The number of rotatable bonds is 6. The molecule has 0 radical (unpaired) electrons. The SMILES string of the molecule is O=C(CNc1ccc(Cl)cc1Br)NN=Cc1ccc([N+](=O)[O-])cc1. The Balaban J connectivity index is 1.83. The third-order valence-corrected chi connectivity index (χ3v) is 3.77. The van der Waals surface area contributed by atoms with E-state index in [0.29, 0.717) is 10.6 Å². The molecular weight excluding hydrogens is 400 g/mol. The summed E-state index contributed by atoms with van der Waals surface area (Å²) in [5, 5.41) is 17.9. The number of non-ortho nitro benzene ring substituents is 1. The highest BCUT2D eigenvalue weighted by molar-refractivity contribution is 9.10. The number of hydrogen-bond acceptors (Lipinski definition) is 5. The Morgan fingerprint density at radius 2 is 2.00 bits per heavy atom. The zero-order valence-corrected chi connectivity index (χ0v) is 14.5. The molecule has 2 rings (SSSR count). The van der Waals surface area contributed by atoms with Crippen molar-refractivity contribution < 1.29 is 9.72 Å². The summed E-state index contributed by atoms with van der Waals surface area (Å²) in [6.45, 7) is 0.0256. The first-order chi connectivity index (χ1) is 11.5. The van der Waals surface area contributed by atoms with E-state index in [1.54, 1.807) is 18.2 Å². The molecule has 7 nitrogen and oxygen atoms in total. The van der Waals surface area contributed by atoms with Gasteiger partial charge in [0.2, 0.25) is 0 Å². The molecule has 0 bridgehead atoms. The van der Waals surface area contributed by atoms with E-state index < -0.39 is 4.92 Å².